The van der Waals surface area contributed by atoms with Crippen molar-refractivity contribution in [2.75, 3.05) is 12.9 Å². The summed E-state index contributed by atoms with van der Waals surface area (Å²) in [6.07, 6.45) is 12.8. The minimum atomic E-state index is -3.24. The van der Waals surface area contributed by atoms with Crippen molar-refractivity contribution in [3.8, 4) is 0 Å². The van der Waals surface area contributed by atoms with Crippen molar-refractivity contribution in [2.45, 2.75) is 25.4 Å². The Morgan fingerprint density at radius 1 is 1.42 bits per heavy atom. The zero-order valence-electron chi connectivity index (χ0n) is 13.3. The van der Waals surface area contributed by atoms with Crippen molar-refractivity contribution in [2.24, 2.45) is 0 Å². The molecule has 8 nitrogen and oxygen atoms in total. The number of aliphatic hydroxyl groups is 1. The molecule has 24 heavy (non-hydrogen) atoms. The number of allylic oxidation sites excluding steroid dienone is 3. The highest BCUT2D eigenvalue weighted by molar-refractivity contribution is 7.94. The van der Waals surface area contributed by atoms with Gasteiger partial charge in [0, 0.05) is 25.1 Å². The Kier molecular flexibility index (Phi) is 4.63. The van der Waals surface area contributed by atoms with E-state index < -0.39 is 9.84 Å². The summed E-state index contributed by atoms with van der Waals surface area (Å²) in [6, 6.07) is -0.166. The first-order valence-electron chi connectivity index (χ1n) is 7.57. The van der Waals surface area contributed by atoms with Gasteiger partial charge in [-0.3, -0.25) is 0 Å². The number of aliphatic hydroxyl groups excluding tert-OH is 1. The normalized spacial score (nSPS) is 17.9. The zero-order valence-corrected chi connectivity index (χ0v) is 14.1. The first-order valence-corrected chi connectivity index (χ1v) is 9.46. The van der Waals surface area contributed by atoms with Crippen LogP contribution in [0.4, 0.5) is 0 Å². The SMILES string of the molecule is CS(=O)(=O)C1=CC(n2cc(Cn3ccnc3CCO)nn2)CC=C1. The van der Waals surface area contributed by atoms with Gasteiger partial charge in [-0.05, 0) is 18.6 Å². The molecule has 0 spiro atoms. The van der Waals surface area contributed by atoms with E-state index >= 15 is 0 Å². The van der Waals surface area contributed by atoms with Crippen LogP contribution in [0.25, 0.3) is 0 Å². The molecule has 3 rings (SSSR count). The Morgan fingerprint density at radius 3 is 3.00 bits per heavy atom. The van der Waals surface area contributed by atoms with Crippen LogP contribution in [0, 0.1) is 0 Å². The number of nitrogens with zero attached hydrogens (tertiary/aromatic N) is 5. The van der Waals surface area contributed by atoms with E-state index in [9.17, 15) is 8.42 Å². The summed E-state index contributed by atoms with van der Waals surface area (Å²) in [5.41, 5.74) is 0.746. The molecule has 0 bridgehead atoms. The first kappa shape index (κ1) is 16.6. The summed E-state index contributed by atoms with van der Waals surface area (Å²) in [7, 11) is -3.24. The quantitative estimate of drug-likeness (QED) is 0.814. The lowest BCUT2D eigenvalue weighted by molar-refractivity contribution is 0.295. The number of hydrogen-bond donors (Lipinski definition) is 1. The molecule has 0 fully saturated rings. The topological polar surface area (TPSA) is 103 Å². The van der Waals surface area contributed by atoms with Gasteiger partial charge in [-0.1, -0.05) is 11.3 Å². The fraction of sp³-hybridized carbons (Fsp3) is 0.400. The second kappa shape index (κ2) is 6.70. The maximum atomic E-state index is 11.7. The van der Waals surface area contributed by atoms with Gasteiger partial charge in [-0.2, -0.15) is 0 Å². The smallest absolute Gasteiger partial charge is 0.175 e. The summed E-state index contributed by atoms with van der Waals surface area (Å²) in [4.78, 5) is 4.50. The second-order valence-corrected chi connectivity index (χ2v) is 7.70. The van der Waals surface area contributed by atoms with Crippen molar-refractivity contribution < 1.29 is 13.5 Å². The number of rotatable bonds is 6. The molecule has 1 unspecified atom stereocenters. The van der Waals surface area contributed by atoms with Crippen LogP contribution < -0.4 is 0 Å². The third kappa shape index (κ3) is 3.62. The van der Waals surface area contributed by atoms with Crippen LogP contribution in [0.15, 0.2) is 41.7 Å². The Balaban J connectivity index is 1.77. The zero-order chi connectivity index (χ0) is 17.2. The van der Waals surface area contributed by atoms with Crippen molar-refractivity contribution in [1.29, 1.82) is 0 Å². The van der Waals surface area contributed by atoms with E-state index in [0.29, 0.717) is 24.3 Å². The fourth-order valence-corrected chi connectivity index (χ4v) is 3.35. The third-order valence-electron chi connectivity index (χ3n) is 3.81. The molecule has 9 heteroatoms. The Hall–Kier alpha value is -2.26. The minimum absolute atomic E-state index is 0.0389. The monoisotopic (exact) mass is 349 g/mol. The highest BCUT2D eigenvalue weighted by Gasteiger charge is 2.18. The molecule has 2 aromatic rings. The van der Waals surface area contributed by atoms with Crippen LogP contribution in [-0.2, 0) is 22.8 Å². The molecule has 1 aliphatic rings. The average molecular weight is 349 g/mol. The fourth-order valence-electron chi connectivity index (χ4n) is 2.60. The van der Waals surface area contributed by atoms with Gasteiger partial charge >= 0.3 is 0 Å². The molecule has 128 valence electrons. The van der Waals surface area contributed by atoms with E-state index in [1.807, 2.05) is 23.0 Å². The Labute approximate surface area is 140 Å². The summed E-state index contributed by atoms with van der Waals surface area (Å²) in [5.74, 6) is 0.784. The van der Waals surface area contributed by atoms with Crippen LogP contribution in [0.5, 0.6) is 0 Å². The van der Waals surface area contributed by atoms with Crippen LogP contribution in [-0.4, -0.2) is 50.9 Å². The van der Waals surface area contributed by atoms with Crippen molar-refractivity contribution in [3.63, 3.8) is 0 Å². The molecule has 0 saturated heterocycles. The van der Waals surface area contributed by atoms with Crippen molar-refractivity contribution >= 4 is 9.84 Å². The van der Waals surface area contributed by atoms with Gasteiger partial charge in [0.05, 0.1) is 30.3 Å². The molecule has 0 aromatic carbocycles. The Bertz CT molecular complexity index is 879. The summed E-state index contributed by atoms with van der Waals surface area (Å²) >= 11 is 0. The molecular formula is C15H19N5O3S. The van der Waals surface area contributed by atoms with E-state index in [2.05, 4.69) is 15.3 Å². The lowest BCUT2D eigenvalue weighted by Crippen LogP contribution is -2.12. The number of aromatic nitrogens is 5. The van der Waals surface area contributed by atoms with Crippen LogP contribution in [0.3, 0.4) is 0 Å². The van der Waals surface area contributed by atoms with Crippen LogP contribution >= 0.6 is 0 Å². The van der Waals surface area contributed by atoms with Gasteiger partial charge in [-0.15, -0.1) is 5.10 Å². The van der Waals surface area contributed by atoms with Crippen molar-refractivity contribution in [1.82, 2.24) is 24.5 Å². The van der Waals surface area contributed by atoms with Crippen molar-refractivity contribution in [3.05, 3.63) is 53.2 Å². The Morgan fingerprint density at radius 2 is 2.25 bits per heavy atom. The summed E-state index contributed by atoms with van der Waals surface area (Å²) in [6.45, 7) is 0.539. The van der Waals surface area contributed by atoms with Gasteiger partial charge in [-0.25, -0.2) is 18.1 Å². The lowest BCUT2D eigenvalue weighted by Gasteiger charge is -2.15. The molecule has 2 heterocycles. The maximum Gasteiger partial charge on any atom is 0.175 e. The molecule has 0 aliphatic heterocycles. The molecule has 1 atom stereocenters. The largest absolute Gasteiger partial charge is 0.396 e. The average Bonchev–Trinajstić information content (AvgIpc) is 3.18. The molecule has 0 amide bonds. The van der Waals surface area contributed by atoms with Gasteiger partial charge in [0.2, 0.25) is 0 Å². The van der Waals surface area contributed by atoms with Gasteiger partial charge in [0.15, 0.2) is 9.84 Å². The predicted octanol–water partition coefficient (Wildman–Crippen LogP) is 0.487. The van der Waals surface area contributed by atoms with Gasteiger partial charge in [0.25, 0.3) is 0 Å². The van der Waals surface area contributed by atoms with Gasteiger partial charge < -0.3 is 9.67 Å². The molecule has 1 aliphatic carbocycles. The van der Waals surface area contributed by atoms with E-state index in [1.54, 1.807) is 23.0 Å². The van der Waals surface area contributed by atoms with Crippen LogP contribution in [0.1, 0.15) is 24.0 Å². The highest BCUT2D eigenvalue weighted by Crippen LogP contribution is 2.23. The number of sulfone groups is 1. The summed E-state index contributed by atoms with van der Waals surface area (Å²) < 4.78 is 26.9. The molecule has 1 N–H and O–H groups in total. The number of imidazole rings is 1. The minimum Gasteiger partial charge on any atom is -0.396 e. The van der Waals surface area contributed by atoms with E-state index in [0.717, 1.165) is 11.5 Å². The predicted molar refractivity (Wildman–Crippen MR) is 87.9 cm³/mol. The summed E-state index contributed by atoms with van der Waals surface area (Å²) in [5, 5.41) is 17.3. The third-order valence-corrected chi connectivity index (χ3v) is 4.94. The standard InChI is InChI=1S/C15H19N5O3S/c1-24(22,23)14-4-2-3-13(9-14)20-11-12(17-18-20)10-19-7-6-16-15(19)5-8-21/h2,4,6-7,9,11,13,21H,3,5,8,10H2,1H3. The maximum absolute atomic E-state index is 11.7. The second-order valence-electron chi connectivity index (χ2n) is 5.68. The lowest BCUT2D eigenvalue weighted by atomic mass is 10.1. The molecule has 0 saturated carbocycles. The van der Waals surface area contributed by atoms with Gasteiger partial charge in [0.1, 0.15) is 11.5 Å². The number of hydrogen-bond acceptors (Lipinski definition) is 6. The highest BCUT2D eigenvalue weighted by atomic mass is 32.2. The molecule has 2 aromatic heterocycles. The van der Waals surface area contributed by atoms with E-state index in [4.69, 9.17) is 5.11 Å². The van der Waals surface area contributed by atoms with E-state index in [-0.39, 0.29) is 12.6 Å². The van der Waals surface area contributed by atoms with Crippen LogP contribution in [0.2, 0.25) is 0 Å². The van der Waals surface area contributed by atoms with E-state index in [1.165, 1.54) is 6.26 Å². The molecule has 0 radical (unpaired) electrons. The first-order chi connectivity index (χ1) is 11.5. The molecular weight excluding hydrogens is 330 g/mol.